The van der Waals surface area contributed by atoms with Gasteiger partial charge in [0.2, 0.25) is 0 Å². The van der Waals surface area contributed by atoms with Crippen molar-refractivity contribution in [2.45, 2.75) is 26.4 Å². The van der Waals surface area contributed by atoms with E-state index in [4.69, 9.17) is 10.8 Å². The Bertz CT molecular complexity index is 299. The van der Waals surface area contributed by atoms with Crippen LogP contribution in [0.2, 0.25) is 0 Å². The molecule has 0 heterocycles. The van der Waals surface area contributed by atoms with Crippen LogP contribution in [0.25, 0.3) is 0 Å². The highest BCUT2D eigenvalue weighted by atomic mass is 16.3. The van der Waals surface area contributed by atoms with Crippen molar-refractivity contribution in [1.82, 2.24) is 0 Å². The summed E-state index contributed by atoms with van der Waals surface area (Å²) in [6, 6.07) is 8.53. The number of anilines is 1. The minimum absolute atomic E-state index is 0.172. The van der Waals surface area contributed by atoms with E-state index in [1.54, 1.807) is 0 Å². The summed E-state index contributed by atoms with van der Waals surface area (Å²) >= 11 is 0. The fraction of sp³-hybridized carbons (Fsp3) is 0.500. The Balaban J connectivity index is 2.89. The van der Waals surface area contributed by atoms with Crippen molar-refractivity contribution in [3.63, 3.8) is 0 Å². The van der Waals surface area contributed by atoms with Gasteiger partial charge in [-0.15, -0.1) is 0 Å². The Kier molecular flexibility index (Phi) is 4.59. The van der Waals surface area contributed by atoms with Gasteiger partial charge in [-0.25, -0.2) is 0 Å². The molecule has 0 atom stereocenters. The molecule has 0 aliphatic carbocycles. The molecule has 0 aromatic heterocycles. The van der Waals surface area contributed by atoms with E-state index in [1.807, 2.05) is 12.1 Å². The van der Waals surface area contributed by atoms with E-state index in [1.165, 1.54) is 0 Å². The molecule has 3 heteroatoms. The summed E-state index contributed by atoms with van der Waals surface area (Å²) in [7, 11) is 0. The molecule has 0 unspecified atom stereocenters. The van der Waals surface area contributed by atoms with E-state index in [9.17, 15) is 0 Å². The van der Waals surface area contributed by atoms with Crippen LogP contribution in [0.15, 0.2) is 24.3 Å². The molecular weight excluding hydrogens is 188 g/mol. The lowest BCUT2D eigenvalue weighted by Gasteiger charge is -2.28. The minimum Gasteiger partial charge on any atom is -0.395 e. The summed E-state index contributed by atoms with van der Waals surface area (Å²) in [6.07, 6.45) is 0. The number of benzene rings is 1. The zero-order valence-corrected chi connectivity index (χ0v) is 9.48. The highest BCUT2D eigenvalue weighted by Crippen LogP contribution is 2.18. The number of nitrogens with zero attached hydrogens (tertiary/aromatic N) is 1. The standard InChI is InChI=1S/C12H20N2O/c1-10(2)14(6-7-15)12-5-3-4-11(8-12)9-13/h3-5,8,10,15H,6-7,9,13H2,1-2H3. The minimum atomic E-state index is 0.172. The average molecular weight is 208 g/mol. The van der Waals surface area contributed by atoms with E-state index >= 15 is 0 Å². The lowest BCUT2D eigenvalue weighted by atomic mass is 10.1. The van der Waals surface area contributed by atoms with Gasteiger partial charge in [-0.3, -0.25) is 0 Å². The van der Waals surface area contributed by atoms with Gasteiger partial charge in [0.05, 0.1) is 6.61 Å². The molecule has 0 fully saturated rings. The number of hydrogen-bond donors (Lipinski definition) is 2. The molecule has 1 aromatic rings. The first-order valence-electron chi connectivity index (χ1n) is 5.35. The first-order valence-corrected chi connectivity index (χ1v) is 5.35. The highest BCUT2D eigenvalue weighted by Gasteiger charge is 2.09. The van der Waals surface area contributed by atoms with Gasteiger partial charge in [0.15, 0.2) is 0 Å². The molecule has 1 aromatic carbocycles. The second-order valence-electron chi connectivity index (χ2n) is 3.88. The molecule has 3 N–H and O–H groups in total. The maximum atomic E-state index is 9.01. The monoisotopic (exact) mass is 208 g/mol. The summed E-state index contributed by atoms with van der Waals surface area (Å²) in [5, 5.41) is 9.01. The Morgan fingerprint density at radius 2 is 2.13 bits per heavy atom. The zero-order valence-electron chi connectivity index (χ0n) is 9.48. The van der Waals surface area contributed by atoms with E-state index in [0.717, 1.165) is 11.3 Å². The molecule has 3 nitrogen and oxygen atoms in total. The van der Waals surface area contributed by atoms with E-state index in [-0.39, 0.29) is 6.61 Å². The first-order chi connectivity index (χ1) is 7.19. The quantitative estimate of drug-likeness (QED) is 0.768. The van der Waals surface area contributed by atoms with Crippen LogP contribution in [0.5, 0.6) is 0 Å². The number of aliphatic hydroxyl groups is 1. The topological polar surface area (TPSA) is 49.5 Å². The number of nitrogens with two attached hydrogens (primary N) is 1. The molecule has 15 heavy (non-hydrogen) atoms. The second kappa shape index (κ2) is 5.73. The lowest BCUT2D eigenvalue weighted by molar-refractivity contribution is 0.299. The third kappa shape index (κ3) is 3.22. The zero-order chi connectivity index (χ0) is 11.3. The van der Waals surface area contributed by atoms with Crippen molar-refractivity contribution >= 4 is 5.69 Å². The number of aliphatic hydroxyl groups excluding tert-OH is 1. The van der Waals surface area contributed by atoms with Crippen LogP contribution >= 0.6 is 0 Å². The van der Waals surface area contributed by atoms with E-state index in [0.29, 0.717) is 19.1 Å². The Hall–Kier alpha value is -1.06. The van der Waals surface area contributed by atoms with Gasteiger partial charge < -0.3 is 15.7 Å². The predicted molar refractivity (Wildman–Crippen MR) is 63.9 cm³/mol. The van der Waals surface area contributed by atoms with E-state index < -0.39 is 0 Å². The third-order valence-corrected chi connectivity index (χ3v) is 2.44. The van der Waals surface area contributed by atoms with Crippen LogP contribution in [0.4, 0.5) is 5.69 Å². The maximum absolute atomic E-state index is 9.01. The van der Waals surface area contributed by atoms with Crippen LogP contribution < -0.4 is 10.6 Å². The van der Waals surface area contributed by atoms with Crippen LogP contribution in [0.1, 0.15) is 19.4 Å². The van der Waals surface area contributed by atoms with E-state index in [2.05, 4.69) is 30.9 Å². The number of hydrogen-bond acceptors (Lipinski definition) is 3. The molecule has 84 valence electrons. The summed E-state index contributed by atoms with van der Waals surface area (Å²) in [6.45, 7) is 5.62. The van der Waals surface area contributed by atoms with Crippen molar-refractivity contribution in [3.05, 3.63) is 29.8 Å². The normalized spacial score (nSPS) is 10.7. The summed E-state index contributed by atoms with van der Waals surface area (Å²) in [4.78, 5) is 2.17. The summed E-state index contributed by atoms with van der Waals surface area (Å²) < 4.78 is 0. The highest BCUT2D eigenvalue weighted by molar-refractivity contribution is 5.49. The van der Waals surface area contributed by atoms with Gasteiger partial charge in [-0.2, -0.15) is 0 Å². The number of rotatable bonds is 5. The molecule has 0 aliphatic heterocycles. The van der Waals surface area contributed by atoms with Crippen LogP contribution in [0.3, 0.4) is 0 Å². The fourth-order valence-corrected chi connectivity index (χ4v) is 1.66. The Morgan fingerprint density at radius 1 is 1.40 bits per heavy atom. The van der Waals surface area contributed by atoms with Crippen LogP contribution in [-0.4, -0.2) is 24.3 Å². The van der Waals surface area contributed by atoms with Gasteiger partial charge >= 0.3 is 0 Å². The Morgan fingerprint density at radius 3 is 2.67 bits per heavy atom. The van der Waals surface area contributed by atoms with Crippen molar-refractivity contribution in [2.24, 2.45) is 5.73 Å². The van der Waals surface area contributed by atoms with Gasteiger partial charge in [-0.1, -0.05) is 12.1 Å². The van der Waals surface area contributed by atoms with Crippen LogP contribution in [-0.2, 0) is 6.54 Å². The predicted octanol–water partition coefficient (Wildman–Crippen LogP) is 1.35. The molecular formula is C12H20N2O. The van der Waals surface area contributed by atoms with Crippen molar-refractivity contribution in [1.29, 1.82) is 0 Å². The van der Waals surface area contributed by atoms with Gasteiger partial charge in [0.25, 0.3) is 0 Å². The smallest absolute Gasteiger partial charge is 0.0606 e. The molecule has 0 saturated carbocycles. The SMILES string of the molecule is CC(C)N(CCO)c1cccc(CN)c1. The van der Waals surface area contributed by atoms with Gasteiger partial charge in [0.1, 0.15) is 0 Å². The van der Waals surface area contributed by atoms with Gasteiger partial charge in [0, 0.05) is 24.8 Å². The molecule has 0 aliphatic rings. The third-order valence-electron chi connectivity index (χ3n) is 2.44. The molecule has 0 spiro atoms. The van der Waals surface area contributed by atoms with Crippen LogP contribution in [0, 0.1) is 0 Å². The lowest BCUT2D eigenvalue weighted by Crippen LogP contribution is -2.33. The summed E-state index contributed by atoms with van der Waals surface area (Å²) in [5.41, 5.74) is 7.85. The molecule has 0 saturated heterocycles. The maximum Gasteiger partial charge on any atom is 0.0606 e. The molecule has 0 bridgehead atoms. The molecule has 1 rings (SSSR count). The largest absolute Gasteiger partial charge is 0.395 e. The first kappa shape index (κ1) is 12.0. The molecule has 0 radical (unpaired) electrons. The van der Waals surface area contributed by atoms with Gasteiger partial charge in [-0.05, 0) is 31.5 Å². The molecule has 0 amide bonds. The second-order valence-corrected chi connectivity index (χ2v) is 3.88. The Labute approximate surface area is 91.5 Å². The fourth-order valence-electron chi connectivity index (χ4n) is 1.66. The van der Waals surface area contributed by atoms with Crippen molar-refractivity contribution < 1.29 is 5.11 Å². The summed E-state index contributed by atoms with van der Waals surface area (Å²) in [5.74, 6) is 0. The average Bonchev–Trinajstić information content (AvgIpc) is 2.25. The van der Waals surface area contributed by atoms with Crippen molar-refractivity contribution in [2.75, 3.05) is 18.1 Å². The van der Waals surface area contributed by atoms with Crippen molar-refractivity contribution in [3.8, 4) is 0 Å².